The average molecular weight is 487 g/mol. The molecular formula is C11H14N4O12P3-3. The Kier molecular flexibility index (Phi) is 6.52. The van der Waals surface area contributed by atoms with Gasteiger partial charge in [0.15, 0.2) is 0 Å². The fourth-order valence-electron chi connectivity index (χ4n) is 2.71. The van der Waals surface area contributed by atoms with E-state index in [-0.39, 0.29) is 12.2 Å². The second-order valence-electron chi connectivity index (χ2n) is 5.97. The van der Waals surface area contributed by atoms with Crippen LogP contribution in [0.15, 0.2) is 18.6 Å². The van der Waals surface area contributed by atoms with Crippen molar-refractivity contribution in [2.45, 2.75) is 24.9 Å². The molecular weight excluding hydrogens is 473 g/mol. The Labute approximate surface area is 167 Å². The maximum Gasteiger partial charge on any atom is 0.280 e. The van der Waals surface area contributed by atoms with E-state index in [1.165, 1.54) is 10.9 Å². The summed E-state index contributed by atoms with van der Waals surface area (Å²) in [7, 11) is -17.5. The number of fused-ring (bicyclic) bond motifs is 1. The minimum absolute atomic E-state index is 0.00122. The highest BCUT2D eigenvalue weighted by Gasteiger charge is 2.37. The number of phosphoric ester groups is 1. The fraction of sp³-hybridized carbons (Fsp3) is 0.455. The summed E-state index contributed by atoms with van der Waals surface area (Å²) in [5.74, 6) is 0.219. The van der Waals surface area contributed by atoms with E-state index >= 15 is 0 Å². The quantitative estimate of drug-likeness (QED) is 0.344. The van der Waals surface area contributed by atoms with Gasteiger partial charge in [-0.1, -0.05) is 0 Å². The van der Waals surface area contributed by atoms with Gasteiger partial charge in [0.05, 0.1) is 18.1 Å². The van der Waals surface area contributed by atoms with Gasteiger partial charge < -0.3 is 44.2 Å². The van der Waals surface area contributed by atoms with Crippen molar-refractivity contribution in [3.05, 3.63) is 18.6 Å². The molecule has 0 aliphatic carbocycles. The van der Waals surface area contributed by atoms with Crippen molar-refractivity contribution < 1.29 is 56.3 Å². The minimum atomic E-state index is -6.01. The number of anilines is 1. The van der Waals surface area contributed by atoms with Gasteiger partial charge in [0.25, 0.3) is 23.5 Å². The minimum Gasteiger partial charge on any atom is -0.756 e. The molecule has 1 aliphatic rings. The molecule has 0 amide bonds. The highest BCUT2D eigenvalue weighted by atomic mass is 31.3. The molecule has 2 aromatic rings. The Morgan fingerprint density at radius 3 is 2.60 bits per heavy atom. The van der Waals surface area contributed by atoms with Gasteiger partial charge in [-0.3, -0.25) is 13.7 Å². The Morgan fingerprint density at radius 2 is 1.93 bits per heavy atom. The predicted molar refractivity (Wildman–Crippen MR) is 89.6 cm³/mol. The molecule has 30 heavy (non-hydrogen) atoms. The molecule has 3 heterocycles. The Morgan fingerprint density at radius 1 is 1.23 bits per heavy atom. The van der Waals surface area contributed by atoms with Crippen LogP contribution in [0.1, 0.15) is 12.6 Å². The van der Waals surface area contributed by atoms with Crippen molar-refractivity contribution in [1.29, 1.82) is 0 Å². The summed E-state index contributed by atoms with van der Waals surface area (Å²) in [5.41, 5.74) is 6.14. The SMILES string of the molecule is Nc1ncnc2c1ccn2C1CC(O)C(COP(=O)([O-])OP(=O)([O-])OP(=O)([O-])O)O1. The van der Waals surface area contributed by atoms with Gasteiger partial charge in [-0.15, -0.1) is 0 Å². The number of aliphatic hydroxyl groups is 1. The van der Waals surface area contributed by atoms with Crippen LogP contribution in [0.4, 0.5) is 5.82 Å². The summed E-state index contributed by atoms with van der Waals surface area (Å²) in [6.07, 6.45) is -0.449. The number of rotatable bonds is 8. The van der Waals surface area contributed by atoms with Crippen LogP contribution < -0.4 is 20.4 Å². The van der Waals surface area contributed by atoms with Crippen LogP contribution in [0.25, 0.3) is 11.0 Å². The molecule has 6 atom stereocenters. The summed E-state index contributed by atoms with van der Waals surface area (Å²) >= 11 is 0. The standard InChI is InChI=1S/C11H17N4O12P3/c12-10-6-1-2-15(11(6)14-5-13-10)9-3-7(16)8(25-9)4-24-29(20,21)27-30(22,23)26-28(17,18)19/h1-2,5,7-9,16H,3-4H2,(H,20,21)(H,22,23)(H2,12,13,14)(H2,17,18,19)/p-3. The molecule has 2 aromatic heterocycles. The van der Waals surface area contributed by atoms with E-state index < -0.39 is 48.5 Å². The molecule has 0 spiro atoms. The first-order valence-corrected chi connectivity index (χ1v) is 12.3. The zero-order valence-electron chi connectivity index (χ0n) is 14.6. The third-order valence-electron chi connectivity index (χ3n) is 3.85. The second kappa shape index (κ2) is 8.36. The van der Waals surface area contributed by atoms with Gasteiger partial charge in [0, 0.05) is 12.6 Å². The molecule has 1 aliphatic heterocycles. The van der Waals surface area contributed by atoms with Crippen LogP contribution in [0.2, 0.25) is 0 Å². The van der Waals surface area contributed by atoms with Gasteiger partial charge in [-0.05, 0) is 6.07 Å². The first-order valence-electron chi connectivity index (χ1n) is 7.90. The van der Waals surface area contributed by atoms with Crippen molar-refractivity contribution >= 4 is 40.3 Å². The summed E-state index contributed by atoms with van der Waals surface area (Å²) in [6.45, 7) is -0.872. The van der Waals surface area contributed by atoms with E-state index in [1.807, 2.05) is 0 Å². The molecule has 168 valence electrons. The topological polar surface area (TPSA) is 254 Å². The fourth-order valence-corrected chi connectivity index (χ4v) is 5.61. The van der Waals surface area contributed by atoms with Crippen LogP contribution >= 0.6 is 23.5 Å². The first-order chi connectivity index (χ1) is 13.8. The van der Waals surface area contributed by atoms with Crippen molar-refractivity contribution in [3.8, 4) is 0 Å². The van der Waals surface area contributed by atoms with Gasteiger partial charge in [-0.25, -0.2) is 18.6 Å². The largest absolute Gasteiger partial charge is 0.756 e. The summed E-state index contributed by atoms with van der Waals surface area (Å²) in [6, 6.07) is 1.62. The normalized spacial score (nSPS) is 28.1. The number of nitrogens with zero attached hydrogens (tertiary/aromatic N) is 3. The molecule has 1 saturated heterocycles. The number of hydrogen-bond acceptors (Lipinski definition) is 14. The molecule has 0 aromatic carbocycles. The predicted octanol–water partition coefficient (Wildman–Crippen LogP) is -1.89. The van der Waals surface area contributed by atoms with E-state index in [0.717, 1.165) is 0 Å². The number of hydrogen-bond donors (Lipinski definition) is 3. The summed E-state index contributed by atoms with van der Waals surface area (Å²) in [4.78, 5) is 49.4. The maximum absolute atomic E-state index is 11.6. The summed E-state index contributed by atoms with van der Waals surface area (Å²) in [5, 5.41) is 10.6. The van der Waals surface area contributed by atoms with E-state index in [4.69, 9.17) is 15.4 Å². The lowest BCUT2D eigenvalue weighted by molar-refractivity contribution is -0.250. The van der Waals surface area contributed by atoms with Gasteiger partial charge in [0.1, 0.15) is 30.1 Å². The molecule has 16 nitrogen and oxygen atoms in total. The van der Waals surface area contributed by atoms with Gasteiger partial charge in [-0.2, -0.15) is 0 Å². The average Bonchev–Trinajstić information content (AvgIpc) is 3.14. The lowest BCUT2D eigenvalue weighted by Gasteiger charge is -2.33. The Hall–Kier alpha value is -1.25. The highest BCUT2D eigenvalue weighted by molar-refractivity contribution is 7.65. The number of aliphatic hydroxyl groups excluding tert-OH is 1. The molecule has 0 radical (unpaired) electrons. The number of aromatic nitrogens is 3. The zero-order valence-corrected chi connectivity index (χ0v) is 17.3. The molecule has 1 fully saturated rings. The smallest absolute Gasteiger partial charge is 0.280 e. The zero-order chi connectivity index (χ0) is 22.3. The summed E-state index contributed by atoms with van der Waals surface area (Å²) < 4.78 is 51.2. The Balaban J connectivity index is 1.64. The third kappa shape index (κ3) is 5.71. The maximum atomic E-state index is 11.6. The van der Waals surface area contributed by atoms with Gasteiger partial charge >= 0.3 is 0 Å². The number of nitrogen functional groups attached to an aromatic ring is 1. The van der Waals surface area contributed by atoms with Crippen LogP contribution in [0, 0.1) is 0 Å². The van der Waals surface area contributed by atoms with Crippen LogP contribution in [0.3, 0.4) is 0 Å². The lowest BCUT2D eigenvalue weighted by atomic mass is 10.2. The molecule has 6 unspecified atom stereocenters. The lowest BCUT2D eigenvalue weighted by Crippen LogP contribution is -2.27. The van der Waals surface area contributed by atoms with Crippen molar-refractivity contribution in [1.82, 2.24) is 14.5 Å². The van der Waals surface area contributed by atoms with Crippen LogP contribution in [-0.4, -0.2) is 43.3 Å². The van der Waals surface area contributed by atoms with E-state index in [1.54, 1.807) is 12.3 Å². The number of ether oxygens (including phenoxy) is 1. The van der Waals surface area contributed by atoms with Crippen molar-refractivity contribution in [2.75, 3.05) is 12.3 Å². The third-order valence-corrected chi connectivity index (χ3v) is 7.55. The second-order valence-corrected chi connectivity index (χ2v) is 10.3. The number of phosphoric acid groups is 3. The molecule has 0 saturated carbocycles. The van der Waals surface area contributed by atoms with E-state index in [2.05, 4.69) is 23.1 Å². The molecule has 4 N–H and O–H groups in total. The van der Waals surface area contributed by atoms with Crippen molar-refractivity contribution in [2.24, 2.45) is 0 Å². The Bertz CT molecular complexity index is 1070. The van der Waals surface area contributed by atoms with Crippen LogP contribution in [-0.2, 0) is 31.6 Å². The van der Waals surface area contributed by atoms with E-state index in [9.17, 15) is 33.5 Å². The molecule has 19 heteroatoms. The van der Waals surface area contributed by atoms with E-state index in [0.29, 0.717) is 11.0 Å². The number of nitrogens with two attached hydrogens (primary N) is 1. The highest BCUT2D eigenvalue weighted by Crippen LogP contribution is 2.61. The molecule has 0 bridgehead atoms. The monoisotopic (exact) mass is 487 g/mol. The van der Waals surface area contributed by atoms with Crippen LogP contribution in [0.5, 0.6) is 0 Å². The van der Waals surface area contributed by atoms with Gasteiger partial charge in [0.2, 0.25) is 0 Å². The molecule has 3 rings (SSSR count). The first kappa shape index (κ1) is 23.4. The van der Waals surface area contributed by atoms with Crippen molar-refractivity contribution in [3.63, 3.8) is 0 Å².